The minimum atomic E-state index is -0.599. The van der Waals surface area contributed by atoms with Gasteiger partial charge in [0.2, 0.25) is 0 Å². The molecular weight excluding hydrogens is 354 g/mol. The molecule has 0 unspecified atom stereocenters. The van der Waals surface area contributed by atoms with Crippen LogP contribution in [0.25, 0.3) is 10.7 Å². The van der Waals surface area contributed by atoms with E-state index in [0.29, 0.717) is 10.7 Å². The van der Waals surface area contributed by atoms with Crippen molar-refractivity contribution >= 4 is 40.2 Å². The van der Waals surface area contributed by atoms with Crippen LogP contribution in [0.15, 0.2) is 42.2 Å². The highest BCUT2D eigenvalue weighted by Gasteiger charge is 2.19. The number of nitrogens with one attached hydrogen (secondary N) is 1. The lowest BCUT2D eigenvalue weighted by atomic mass is 10.2. The highest BCUT2D eigenvalue weighted by molar-refractivity contribution is 7.13. The molecule has 2 aromatic heterocycles. The van der Waals surface area contributed by atoms with Crippen molar-refractivity contribution in [2.24, 2.45) is 0 Å². The summed E-state index contributed by atoms with van der Waals surface area (Å²) in [6.07, 6.45) is 4.58. The lowest BCUT2D eigenvalue weighted by Gasteiger charge is -2.04. The highest BCUT2D eigenvalue weighted by atomic mass is 35.5. The largest absolute Gasteiger partial charge is 0.315 e. The Kier molecular flexibility index (Phi) is 4.45. The molecule has 0 saturated carbocycles. The van der Waals surface area contributed by atoms with Gasteiger partial charge in [0.05, 0.1) is 11.1 Å². The SMILES string of the molecule is O=C(Nc1cc(Cl)ccc1[N+](=O)[O-])c1csc(-c2cnccn2)n1. The molecule has 0 atom stereocenters. The zero-order valence-corrected chi connectivity index (χ0v) is 13.4. The third kappa shape index (κ3) is 3.36. The first-order chi connectivity index (χ1) is 11.5. The minimum absolute atomic E-state index is 0.00607. The molecule has 120 valence electrons. The van der Waals surface area contributed by atoms with E-state index >= 15 is 0 Å². The Morgan fingerprint density at radius 3 is 2.88 bits per heavy atom. The zero-order valence-electron chi connectivity index (χ0n) is 11.8. The molecule has 0 radical (unpaired) electrons. The number of anilines is 1. The predicted molar refractivity (Wildman–Crippen MR) is 89.2 cm³/mol. The van der Waals surface area contributed by atoms with Gasteiger partial charge in [-0.25, -0.2) is 4.98 Å². The first-order valence-corrected chi connectivity index (χ1v) is 7.77. The summed E-state index contributed by atoms with van der Waals surface area (Å²) in [5.74, 6) is -0.577. The van der Waals surface area contributed by atoms with Crippen LogP contribution in [-0.2, 0) is 0 Å². The number of carbonyl (C=O) groups is 1. The van der Waals surface area contributed by atoms with E-state index in [1.54, 1.807) is 0 Å². The summed E-state index contributed by atoms with van der Waals surface area (Å²) in [6.45, 7) is 0. The van der Waals surface area contributed by atoms with E-state index in [-0.39, 0.29) is 22.1 Å². The van der Waals surface area contributed by atoms with Crippen LogP contribution in [-0.4, -0.2) is 25.8 Å². The van der Waals surface area contributed by atoms with Gasteiger partial charge in [0, 0.05) is 28.9 Å². The fourth-order valence-electron chi connectivity index (χ4n) is 1.86. The smallest absolute Gasteiger partial charge is 0.292 e. The number of halogens is 1. The number of thiazole rings is 1. The molecule has 2 heterocycles. The van der Waals surface area contributed by atoms with E-state index in [9.17, 15) is 14.9 Å². The molecule has 10 heteroatoms. The topological polar surface area (TPSA) is 111 Å². The van der Waals surface area contributed by atoms with Crippen molar-refractivity contribution in [3.8, 4) is 10.7 Å². The van der Waals surface area contributed by atoms with Crippen LogP contribution in [0.1, 0.15) is 10.5 Å². The summed E-state index contributed by atoms with van der Waals surface area (Å²) in [4.78, 5) is 34.9. The molecule has 0 aliphatic rings. The summed E-state index contributed by atoms with van der Waals surface area (Å²) < 4.78 is 0. The van der Waals surface area contributed by atoms with Gasteiger partial charge in [0.15, 0.2) is 0 Å². The molecule has 1 aromatic carbocycles. The summed E-state index contributed by atoms with van der Waals surface area (Å²) >= 11 is 7.05. The number of carbonyl (C=O) groups excluding carboxylic acids is 1. The summed E-state index contributed by atoms with van der Waals surface area (Å²) in [5.41, 5.74) is 0.411. The standard InChI is InChI=1S/C14H8ClN5O3S/c15-8-1-2-12(20(22)23)9(5-8)18-13(21)11-7-24-14(19-11)10-6-16-3-4-17-10/h1-7H,(H,18,21). The van der Waals surface area contributed by atoms with Crippen molar-refractivity contribution in [1.82, 2.24) is 15.0 Å². The van der Waals surface area contributed by atoms with Crippen molar-refractivity contribution in [3.05, 3.63) is 63.0 Å². The van der Waals surface area contributed by atoms with Crippen molar-refractivity contribution in [2.45, 2.75) is 0 Å². The minimum Gasteiger partial charge on any atom is -0.315 e. The molecule has 0 spiro atoms. The first-order valence-electron chi connectivity index (χ1n) is 6.52. The van der Waals surface area contributed by atoms with Crippen LogP contribution in [0.2, 0.25) is 5.02 Å². The van der Waals surface area contributed by atoms with E-state index < -0.39 is 10.8 Å². The maximum atomic E-state index is 12.3. The maximum absolute atomic E-state index is 12.3. The summed E-state index contributed by atoms with van der Waals surface area (Å²) in [6, 6.07) is 3.92. The van der Waals surface area contributed by atoms with E-state index in [2.05, 4.69) is 20.3 Å². The number of aromatic nitrogens is 3. The molecular formula is C14H8ClN5O3S. The second-order valence-electron chi connectivity index (χ2n) is 4.50. The normalized spacial score (nSPS) is 10.4. The van der Waals surface area contributed by atoms with Gasteiger partial charge in [-0.3, -0.25) is 24.9 Å². The number of amides is 1. The lowest BCUT2D eigenvalue weighted by molar-refractivity contribution is -0.383. The van der Waals surface area contributed by atoms with E-state index in [0.717, 1.165) is 0 Å². The molecule has 0 aliphatic carbocycles. The van der Waals surface area contributed by atoms with Gasteiger partial charge < -0.3 is 5.32 Å². The lowest BCUT2D eigenvalue weighted by Crippen LogP contribution is -2.13. The monoisotopic (exact) mass is 361 g/mol. The second kappa shape index (κ2) is 6.69. The van der Waals surface area contributed by atoms with Crippen LogP contribution in [0, 0.1) is 10.1 Å². The number of nitrogens with zero attached hydrogens (tertiary/aromatic N) is 4. The number of nitro benzene ring substituents is 1. The Balaban J connectivity index is 1.85. The van der Waals surface area contributed by atoms with Crippen molar-refractivity contribution < 1.29 is 9.72 Å². The van der Waals surface area contributed by atoms with Gasteiger partial charge in [0.1, 0.15) is 22.1 Å². The van der Waals surface area contributed by atoms with Gasteiger partial charge in [0.25, 0.3) is 11.6 Å². The molecule has 8 nitrogen and oxygen atoms in total. The van der Waals surface area contributed by atoms with Crippen molar-refractivity contribution in [3.63, 3.8) is 0 Å². The second-order valence-corrected chi connectivity index (χ2v) is 5.80. The number of benzene rings is 1. The predicted octanol–water partition coefficient (Wildman–Crippen LogP) is 3.41. The maximum Gasteiger partial charge on any atom is 0.292 e. The van der Waals surface area contributed by atoms with E-state index in [4.69, 9.17) is 11.6 Å². The molecule has 3 rings (SSSR count). The Labute approximate surface area is 144 Å². The number of nitro groups is 1. The molecule has 0 aliphatic heterocycles. The van der Waals surface area contributed by atoms with E-state index in [1.807, 2.05) is 0 Å². The van der Waals surface area contributed by atoms with Crippen LogP contribution < -0.4 is 5.32 Å². The first kappa shape index (κ1) is 16.0. The fraction of sp³-hybridized carbons (Fsp3) is 0. The zero-order chi connectivity index (χ0) is 17.1. The van der Waals surface area contributed by atoms with Crippen molar-refractivity contribution in [1.29, 1.82) is 0 Å². The van der Waals surface area contributed by atoms with Crippen LogP contribution >= 0.6 is 22.9 Å². The Hall–Kier alpha value is -2.91. The number of hydrogen-bond donors (Lipinski definition) is 1. The summed E-state index contributed by atoms with van der Waals surface area (Å²) in [5, 5.41) is 15.8. The highest BCUT2D eigenvalue weighted by Crippen LogP contribution is 2.28. The Morgan fingerprint density at radius 2 is 2.17 bits per heavy atom. The van der Waals surface area contributed by atoms with Crippen LogP contribution in [0.4, 0.5) is 11.4 Å². The molecule has 0 fully saturated rings. The quantitative estimate of drug-likeness (QED) is 0.563. The van der Waals surface area contributed by atoms with Gasteiger partial charge >= 0.3 is 0 Å². The van der Waals surface area contributed by atoms with Gasteiger partial charge in [-0.15, -0.1) is 11.3 Å². The van der Waals surface area contributed by atoms with Crippen LogP contribution in [0.5, 0.6) is 0 Å². The Bertz CT molecular complexity index is 916. The summed E-state index contributed by atoms with van der Waals surface area (Å²) in [7, 11) is 0. The molecule has 0 bridgehead atoms. The molecule has 1 N–H and O–H groups in total. The fourth-order valence-corrected chi connectivity index (χ4v) is 2.79. The van der Waals surface area contributed by atoms with Gasteiger partial charge in [-0.05, 0) is 12.1 Å². The third-order valence-corrected chi connectivity index (χ3v) is 4.02. The van der Waals surface area contributed by atoms with E-state index in [1.165, 1.54) is 53.5 Å². The molecule has 3 aromatic rings. The van der Waals surface area contributed by atoms with Gasteiger partial charge in [-0.1, -0.05) is 11.6 Å². The molecule has 0 saturated heterocycles. The average Bonchev–Trinajstić information content (AvgIpc) is 3.05. The van der Waals surface area contributed by atoms with Crippen molar-refractivity contribution in [2.75, 3.05) is 5.32 Å². The number of rotatable bonds is 4. The molecule has 24 heavy (non-hydrogen) atoms. The Morgan fingerprint density at radius 1 is 1.33 bits per heavy atom. The van der Waals surface area contributed by atoms with Gasteiger partial charge in [-0.2, -0.15) is 0 Å². The number of hydrogen-bond acceptors (Lipinski definition) is 7. The average molecular weight is 362 g/mol. The molecule has 1 amide bonds. The third-order valence-electron chi connectivity index (χ3n) is 2.92. The van der Waals surface area contributed by atoms with Crippen LogP contribution in [0.3, 0.4) is 0 Å².